The normalized spacial score (nSPS) is 27.6. The van der Waals surface area contributed by atoms with Crippen molar-refractivity contribution in [2.45, 2.75) is 12.8 Å². The van der Waals surface area contributed by atoms with E-state index in [9.17, 15) is 4.79 Å². The number of carbonyl (C=O) groups excluding carboxylic acids is 1. The molecule has 0 N–H and O–H groups in total. The fraction of sp³-hybridized carbons (Fsp3) is 0.333. The number of carbonyl (C=O) groups is 1. The van der Waals surface area contributed by atoms with Crippen molar-refractivity contribution in [2.75, 3.05) is 6.54 Å². The fourth-order valence-corrected chi connectivity index (χ4v) is 2.26. The van der Waals surface area contributed by atoms with Crippen molar-refractivity contribution in [1.82, 2.24) is 0 Å². The van der Waals surface area contributed by atoms with Crippen LogP contribution in [0.25, 0.3) is 0 Å². The first-order chi connectivity index (χ1) is 7.36. The van der Waals surface area contributed by atoms with Crippen molar-refractivity contribution < 1.29 is 9.53 Å². The van der Waals surface area contributed by atoms with Gasteiger partial charge in [-0.05, 0) is 24.5 Å². The molecule has 0 fully saturated rings. The first-order valence-corrected chi connectivity index (χ1v) is 5.16. The highest BCUT2D eigenvalue weighted by molar-refractivity contribution is 6.00. The second-order valence-corrected chi connectivity index (χ2v) is 4.03. The molecule has 2 heterocycles. The summed E-state index contributed by atoms with van der Waals surface area (Å²) in [7, 11) is 0. The highest BCUT2D eigenvalue weighted by Crippen LogP contribution is 2.35. The zero-order valence-electron chi connectivity index (χ0n) is 8.27. The van der Waals surface area contributed by atoms with E-state index in [4.69, 9.17) is 4.74 Å². The van der Waals surface area contributed by atoms with Gasteiger partial charge in [-0.15, -0.1) is 0 Å². The molecule has 0 aromatic rings. The van der Waals surface area contributed by atoms with E-state index in [-0.39, 0.29) is 0 Å². The van der Waals surface area contributed by atoms with Crippen molar-refractivity contribution in [3.05, 3.63) is 35.3 Å². The van der Waals surface area contributed by atoms with Gasteiger partial charge >= 0.3 is 0 Å². The van der Waals surface area contributed by atoms with Crippen LogP contribution in [0.3, 0.4) is 0 Å². The first-order valence-electron chi connectivity index (χ1n) is 5.16. The van der Waals surface area contributed by atoms with Crippen LogP contribution < -0.4 is 0 Å². The molecule has 0 aromatic carbocycles. The van der Waals surface area contributed by atoms with Gasteiger partial charge in [0, 0.05) is 29.8 Å². The number of hydrogen-bond acceptors (Lipinski definition) is 3. The summed E-state index contributed by atoms with van der Waals surface area (Å²) < 4.78 is 5.41. The molecule has 2 aliphatic heterocycles. The first kappa shape index (κ1) is 8.65. The lowest BCUT2D eigenvalue weighted by molar-refractivity contribution is -0.104. The third-order valence-electron chi connectivity index (χ3n) is 3.05. The minimum Gasteiger partial charge on any atom is -0.464 e. The van der Waals surface area contributed by atoms with Crippen LogP contribution in [0.5, 0.6) is 0 Å². The van der Waals surface area contributed by atoms with Gasteiger partial charge in [0.25, 0.3) is 0 Å². The van der Waals surface area contributed by atoms with E-state index in [0.717, 1.165) is 42.7 Å². The molecule has 3 heteroatoms. The third kappa shape index (κ3) is 1.35. The monoisotopic (exact) mass is 201 g/mol. The summed E-state index contributed by atoms with van der Waals surface area (Å²) >= 11 is 0. The molecular weight excluding hydrogens is 190 g/mol. The van der Waals surface area contributed by atoms with Gasteiger partial charge in [-0.3, -0.25) is 9.79 Å². The highest BCUT2D eigenvalue weighted by Gasteiger charge is 2.29. The third-order valence-corrected chi connectivity index (χ3v) is 3.05. The predicted octanol–water partition coefficient (Wildman–Crippen LogP) is 1.77. The Balaban J connectivity index is 1.98. The molecule has 1 aliphatic carbocycles. The second-order valence-electron chi connectivity index (χ2n) is 4.03. The van der Waals surface area contributed by atoms with Crippen LogP contribution in [-0.2, 0) is 9.53 Å². The van der Waals surface area contributed by atoms with Gasteiger partial charge in [0.2, 0.25) is 0 Å². The smallest absolute Gasteiger partial charge is 0.153 e. The summed E-state index contributed by atoms with van der Waals surface area (Å²) in [6, 6.07) is 0. The molecule has 76 valence electrons. The largest absolute Gasteiger partial charge is 0.464 e. The number of allylic oxidation sites excluding steroid dienone is 4. The molecule has 0 spiro atoms. The number of hydrogen-bond donors (Lipinski definition) is 0. The Kier molecular flexibility index (Phi) is 1.84. The lowest BCUT2D eigenvalue weighted by Gasteiger charge is -2.24. The SMILES string of the molecule is O=CC1=COC2=CC3=NCCC3CC2=C1. The van der Waals surface area contributed by atoms with E-state index < -0.39 is 0 Å². The lowest BCUT2D eigenvalue weighted by atomic mass is 9.86. The summed E-state index contributed by atoms with van der Waals surface area (Å²) in [5.41, 5.74) is 2.90. The average Bonchev–Trinajstić information content (AvgIpc) is 2.72. The Bertz CT molecular complexity index is 441. The van der Waals surface area contributed by atoms with Gasteiger partial charge in [-0.1, -0.05) is 0 Å². The number of aldehydes is 1. The molecule has 3 aliphatic rings. The summed E-state index contributed by atoms with van der Waals surface area (Å²) in [5.74, 6) is 1.40. The zero-order valence-corrected chi connectivity index (χ0v) is 8.27. The van der Waals surface area contributed by atoms with Gasteiger partial charge in [0.15, 0.2) is 6.29 Å². The Morgan fingerprint density at radius 2 is 2.40 bits per heavy atom. The Morgan fingerprint density at radius 3 is 3.27 bits per heavy atom. The minimum absolute atomic E-state index is 0.537. The van der Waals surface area contributed by atoms with E-state index in [0.29, 0.717) is 11.5 Å². The molecule has 3 rings (SSSR count). The van der Waals surface area contributed by atoms with Crippen molar-refractivity contribution in [3.63, 3.8) is 0 Å². The van der Waals surface area contributed by atoms with E-state index in [2.05, 4.69) is 4.99 Å². The Hall–Kier alpha value is -1.64. The average molecular weight is 201 g/mol. The van der Waals surface area contributed by atoms with Crippen LogP contribution in [-0.4, -0.2) is 18.5 Å². The van der Waals surface area contributed by atoms with Gasteiger partial charge in [0.1, 0.15) is 12.0 Å². The van der Waals surface area contributed by atoms with E-state index >= 15 is 0 Å². The molecule has 0 radical (unpaired) electrons. The molecule has 0 saturated carbocycles. The number of fused-ring (bicyclic) bond motifs is 2. The van der Waals surface area contributed by atoms with E-state index in [1.165, 1.54) is 6.26 Å². The molecule has 0 bridgehead atoms. The Morgan fingerprint density at radius 1 is 1.47 bits per heavy atom. The van der Waals surface area contributed by atoms with E-state index in [1.807, 2.05) is 12.2 Å². The summed E-state index contributed by atoms with van der Waals surface area (Å²) in [6.45, 7) is 0.922. The number of rotatable bonds is 1. The number of aliphatic imine (C=N–C) groups is 1. The molecule has 0 aromatic heterocycles. The minimum atomic E-state index is 0.537. The van der Waals surface area contributed by atoms with E-state index in [1.54, 1.807) is 0 Å². The quantitative estimate of drug-likeness (QED) is 0.606. The van der Waals surface area contributed by atoms with Crippen LogP contribution in [0.15, 0.2) is 40.3 Å². The molecule has 0 saturated heterocycles. The van der Waals surface area contributed by atoms with Gasteiger partial charge in [-0.2, -0.15) is 0 Å². The maximum atomic E-state index is 10.6. The summed E-state index contributed by atoms with van der Waals surface area (Å²) in [6.07, 6.45) is 8.31. The van der Waals surface area contributed by atoms with Gasteiger partial charge in [-0.25, -0.2) is 0 Å². The molecular formula is C12H11NO2. The van der Waals surface area contributed by atoms with Crippen LogP contribution in [0.1, 0.15) is 12.8 Å². The molecule has 3 nitrogen and oxygen atoms in total. The molecule has 15 heavy (non-hydrogen) atoms. The van der Waals surface area contributed by atoms with Crippen molar-refractivity contribution >= 4 is 12.0 Å². The highest BCUT2D eigenvalue weighted by atomic mass is 16.5. The van der Waals surface area contributed by atoms with Crippen molar-refractivity contribution in [3.8, 4) is 0 Å². The van der Waals surface area contributed by atoms with Gasteiger partial charge < -0.3 is 4.74 Å². The predicted molar refractivity (Wildman–Crippen MR) is 56.4 cm³/mol. The van der Waals surface area contributed by atoms with Crippen molar-refractivity contribution in [1.29, 1.82) is 0 Å². The number of nitrogens with zero attached hydrogens (tertiary/aromatic N) is 1. The topological polar surface area (TPSA) is 38.7 Å². The van der Waals surface area contributed by atoms with Gasteiger partial charge in [0.05, 0.1) is 0 Å². The number of ether oxygens (including phenoxy) is 1. The molecule has 1 unspecified atom stereocenters. The summed E-state index contributed by atoms with van der Waals surface area (Å²) in [4.78, 5) is 15.1. The van der Waals surface area contributed by atoms with Crippen LogP contribution in [0, 0.1) is 5.92 Å². The zero-order chi connectivity index (χ0) is 10.3. The van der Waals surface area contributed by atoms with Crippen LogP contribution in [0.2, 0.25) is 0 Å². The standard InChI is InChI=1S/C12H11NO2/c14-6-8-3-10-4-9-1-2-13-11(9)5-12(10)15-7-8/h3,5-7,9H,1-2,4H2. The Labute approximate surface area is 87.8 Å². The fourth-order valence-electron chi connectivity index (χ4n) is 2.26. The molecule has 1 atom stereocenters. The lowest BCUT2D eigenvalue weighted by Crippen LogP contribution is -2.17. The second kappa shape index (κ2) is 3.19. The maximum absolute atomic E-state index is 10.6. The van der Waals surface area contributed by atoms with Crippen LogP contribution >= 0.6 is 0 Å². The summed E-state index contributed by atoms with van der Waals surface area (Å²) in [5, 5.41) is 0. The maximum Gasteiger partial charge on any atom is 0.153 e. The molecule has 0 amide bonds. The van der Waals surface area contributed by atoms with Crippen molar-refractivity contribution in [2.24, 2.45) is 10.9 Å². The van der Waals surface area contributed by atoms with Crippen LogP contribution in [0.4, 0.5) is 0 Å².